The lowest BCUT2D eigenvalue weighted by molar-refractivity contribution is 0.675. The van der Waals surface area contributed by atoms with Crippen LogP contribution in [0.5, 0.6) is 0 Å². The molecule has 1 heterocycles. The second-order valence-electron chi connectivity index (χ2n) is 3.99. The van der Waals surface area contributed by atoms with Crippen LogP contribution in [-0.4, -0.2) is 16.8 Å². The van der Waals surface area contributed by atoms with Crippen molar-refractivity contribution in [2.45, 2.75) is 23.6 Å². The summed E-state index contributed by atoms with van der Waals surface area (Å²) < 4.78 is 1.13. The van der Waals surface area contributed by atoms with Crippen molar-refractivity contribution in [1.82, 2.24) is 10.3 Å². The van der Waals surface area contributed by atoms with Crippen molar-refractivity contribution in [2.24, 2.45) is 0 Å². The lowest BCUT2D eigenvalue weighted by Gasteiger charge is -2.11. The van der Waals surface area contributed by atoms with Gasteiger partial charge in [-0.2, -0.15) is 0 Å². The third-order valence-corrected chi connectivity index (χ3v) is 4.65. The SMILES string of the molecule is CC(CNCc1cscn1)Sc1ccc(Br)cc1. The molecule has 96 valence electrons. The maximum atomic E-state index is 4.25. The topological polar surface area (TPSA) is 24.9 Å². The molecule has 0 amide bonds. The first kappa shape index (κ1) is 14.1. The van der Waals surface area contributed by atoms with Crippen LogP contribution < -0.4 is 5.32 Å². The molecule has 0 spiro atoms. The molecular weight excluding hydrogens is 328 g/mol. The van der Waals surface area contributed by atoms with Gasteiger partial charge in [0.15, 0.2) is 0 Å². The minimum absolute atomic E-state index is 0.546. The normalized spacial score (nSPS) is 12.6. The van der Waals surface area contributed by atoms with Gasteiger partial charge in [-0.15, -0.1) is 23.1 Å². The van der Waals surface area contributed by atoms with Gasteiger partial charge in [0, 0.05) is 33.1 Å². The van der Waals surface area contributed by atoms with Crippen molar-refractivity contribution >= 4 is 39.0 Å². The Bertz CT molecular complexity index is 456. The molecule has 0 saturated heterocycles. The van der Waals surface area contributed by atoms with Crippen molar-refractivity contribution < 1.29 is 0 Å². The summed E-state index contributed by atoms with van der Waals surface area (Å²) in [4.78, 5) is 5.56. The summed E-state index contributed by atoms with van der Waals surface area (Å²) in [5.41, 5.74) is 3.00. The molecule has 2 nitrogen and oxygen atoms in total. The Kier molecular flexibility index (Phi) is 5.69. The number of nitrogens with zero attached hydrogens (tertiary/aromatic N) is 1. The molecule has 2 rings (SSSR count). The predicted molar refractivity (Wildman–Crippen MR) is 83.3 cm³/mol. The maximum Gasteiger partial charge on any atom is 0.0795 e. The van der Waals surface area contributed by atoms with Gasteiger partial charge in [-0.25, -0.2) is 4.98 Å². The summed E-state index contributed by atoms with van der Waals surface area (Å²) in [7, 11) is 0. The Balaban J connectivity index is 1.71. The molecule has 0 aliphatic rings. The number of thioether (sulfide) groups is 1. The van der Waals surface area contributed by atoms with Crippen molar-refractivity contribution in [2.75, 3.05) is 6.54 Å². The second-order valence-corrected chi connectivity index (χ2v) is 7.14. The van der Waals surface area contributed by atoms with Crippen molar-refractivity contribution in [3.05, 3.63) is 45.3 Å². The van der Waals surface area contributed by atoms with Crippen LogP contribution >= 0.6 is 39.0 Å². The van der Waals surface area contributed by atoms with Gasteiger partial charge in [-0.05, 0) is 24.3 Å². The minimum atomic E-state index is 0.546. The number of rotatable bonds is 6. The summed E-state index contributed by atoms with van der Waals surface area (Å²) >= 11 is 6.98. The van der Waals surface area contributed by atoms with Gasteiger partial charge in [0.05, 0.1) is 11.2 Å². The lowest BCUT2D eigenvalue weighted by atomic mass is 10.4. The molecule has 0 aliphatic carbocycles. The molecule has 0 fully saturated rings. The van der Waals surface area contributed by atoms with Crippen LogP contribution in [0.3, 0.4) is 0 Å². The summed E-state index contributed by atoms with van der Waals surface area (Å²) in [5, 5.41) is 6.06. The molecule has 0 bridgehead atoms. The maximum absolute atomic E-state index is 4.25. The monoisotopic (exact) mass is 342 g/mol. The summed E-state index contributed by atoms with van der Waals surface area (Å²) in [6.45, 7) is 4.08. The zero-order valence-corrected chi connectivity index (χ0v) is 13.3. The number of hydrogen-bond acceptors (Lipinski definition) is 4. The van der Waals surface area contributed by atoms with Gasteiger partial charge in [0.25, 0.3) is 0 Å². The fraction of sp³-hybridized carbons (Fsp3) is 0.308. The first-order valence-electron chi connectivity index (χ1n) is 5.74. The molecule has 1 N–H and O–H groups in total. The van der Waals surface area contributed by atoms with E-state index in [-0.39, 0.29) is 0 Å². The van der Waals surface area contributed by atoms with E-state index in [4.69, 9.17) is 0 Å². The largest absolute Gasteiger partial charge is 0.310 e. The van der Waals surface area contributed by atoms with E-state index in [0.29, 0.717) is 5.25 Å². The van der Waals surface area contributed by atoms with Crippen LogP contribution in [0.25, 0.3) is 0 Å². The zero-order chi connectivity index (χ0) is 12.8. The highest BCUT2D eigenvalue weighted by Crippen LogP contribution is 2.24. The highest BCUT2D eigenvalue weighted by atomic mass is 79.9. The number of thiazole rings is 1. The average Bonchev–Trinajstić information content (AvgIpc) is 2.85. The van der Waals surface area contributed by atoms with Gasteiger partial charge >= 0.3 is 0 Å². The molecule has 0 aliphatic heterocycles. The third kappa shape index (κ3) is 4.72. The van der Waals surface area contributed by atoms with Crippen molar-refractivity contribution in [3.63, 3.8) is 0 Å². The van der Waals surface area contributed by atoms with Gasteiger partial charge in [0.2, 0.25) is 0 Å². The second kappa shape index (κ2) is 7.28. The van der Waals surface area contributed by atoms with Crippen LogP contribution in [0.15, 0.2) is 44.5 Å². The highest BCUT2D eigenvalue weighted by molar-refractivity contribution is 9.10. The Labute approximate surface area is 124 Å². The van der Waals surface area contributed by atoms with E-state index < -0.39 is 0 Å². The first-order chi connectivity index (χ1) is 8.74. The van der Waals surface area contributed by atoms with Crippen molar-refractivity contribution in [1.29, 1.82) is 0 Å². The number of aromatic nitrogens is 1. The molecule has 18 heavy (non-hydrogen) atoms. The highest BCUT2D eigenvalue weighted by Gasteiger charge is 2.04. The van der Waals surface area contributed by atoms with Gasteiger partial charge in [-0.1, -0.05) is 22.9 Å². The van der Waals surface area contributed by atoms with Crippen LogP contribution in [0.4, 0.5) is 0 Å². The average molecular weight is 343 g/mol. The van der Waals surface area contributed by atoms with E-state index in [1.165, 1.54) is 4.90 Å². The van der Waals surface area contributed by atoms with E-state index in [2.05, 4.69) is 62.8 Å². The molecule has 1 unspecified atom stereocenters. The Hall–Kier alpha value is -0.360. The quantitative estimate of drug-likeness (QED) is 0.797. The lowest BCUT2D eigenvalue weighted by Crippen LogP contribution is -2.22. The Morgan fingerprint density at radius 1 is 1.39 bits per heavy atom. The predicted octanol–water partition coefficient (Wildman–Crippen LogP) is 4.18. The standard InChI is InChI=1S/C13H15BrN2S2/c1-10(6-15-7-12-8-17-9-16-12)18-13-4-2-11(14)3-5-13/h2-5,8-10,15H,6-7H2,1H3. The van der Waals surface area contributed by atoms with Crippen LogP contribution in [0.2, 0.25) is 0 Å². The molecule has 0 saturated carbocycles. The Morgan fingerprint density at radius 2 is 2.17 bits per heavy atom. The van der Waals surface area contributed by atoms with Gasteiger partial charge in [0.1, 0.15) is 0 Å². The van der Waals surface area contributed by atoms with Gasteiger partial charge in [-0.3, -0.25) is 0 Å². The zero-order valence-electron chi connectivity index (χ0n) is 10.1. The molecular formula is C13H15BrN2S2. The number of halogens is 1. The summed E-state index contributed by atoms with van der Waals surface area (Å²) in [6, 6.07) is 8.45. The van der Waals surface area contributed by atoms with Crippen LogP contribution in [0.1, 0.15) is 12.6 Å². The smallest absolute Gasteiger partial charge is 0.0795 e. The fourth-order valence-corrected chi connectivity index (χ4v) is 3.30. The molecule has 2 aromatic rings. The summed E-state index contributed by atoms with van der Waals surface area (Å²) in [5.74, 6) is 0. The molecule has 1 aromatic heterocycles. The van der Waals surface area contributed by atoms with E-state index in [9.17, 15) is 0 Å². The third-order valence-electron chi connectivity index (χ3n) is 2.37. The van der Waals surface area contributed by atoms with E-state index in [1.54, 1.807) is 11.3 Å². The number of benzene rings is 1. The molecule has 5 heteroatoms. The first-order valence-corrected chi connectivity index (χ1v) is 8.35. The summed E-state index contributed by atoms with van der Waals surface area (Å²) in [6.07, 6.45) is 0. The van der Waals surface area contributed by atoms with E-state index in [1.807, 2.05) is 17.3 Å². The molecule has 1 atom stereocenters. The Morgan fingerprint density at radius 3 is 2.83 bits per heavy atom. The van der Waals surface area contributed by atoms with Crippen LogP contribution in [0, 0.1) is 0 Å². The minimum Gasteiger partial charge on any atom is -0.310 e. The van der Waals surface area contributed by atoms with Crippen molar-refractivity contribution in [3.8, 4) is 0 Å². The van der Waals surface area contributed by atoms with E-state index >= 15 is 0 Å². The van der Waals surface area contributed by atoms with Gasteiger partial charge < -0.3 is 5.32 Å². The van der Waals surface area contributed by atoms with E-state index in [0.717, 1.165) is 23.3 Å². The fourth-order valence-electron chi connectivity index (χ4n) is 1.52. The number of nitrogens with one attached hydrogen (secondary N) is 1. The number of hydrogen-bond donors (Lipinski definition) is 1. The molecule has 0 radical (unpaired) electrons. The van der Waals surface area contributed by atoms with Crippen LogP contribution in [-0.2, 0) is 6.54 Å². The molecule has 1 aromatic carbocycles.